The van der Waals surface area contributed by atoms with E-state index in [1.807, 2.05) is 19.1 Å². The monoisotopic (exact) mass is 246 g/mol. The molecule has 0 aliphatic rings. The van der Waals surface area contributed by atoms with Crippen LogP contribution in [-0.2, 0) is 13.7 Å². The van der Waals surface area contributed by atoms with Crippen molar-refractivity contribution in [1.29, 1.82) is 0 Å². The van der Waals surface area contributed by atoms with E-state index in [4.69, 9.17) is 4.74 Å². The zero-order valence-corrected chi connectivity index (χ0v) is 10.3. The second kappa shape index (κ2) is 5.39. The first-order chi connectivity index (χ1) is 8.70. The zero-order valence-electron chi connectivity index (χ0n) is 10.3. The van der Waals surface area contributed by atoms with Crippen LogP contribution in [0.1, 0.15) is 29.5 Å². The van der Waals surface area contributed by atoms with Crippen LogP contribution in [0.15, 0.2) is 24.3 Å². The van der Waals surface area contributed by atoms with Crippen LogP contribution in [0.3, 0.4) is 0 Å². The number of aromatic nitrogens is 4. The largest absolute Gasteiger partial charge is 0.485 e. The summed E-state index contributed by atoms with van der Waals surface area (Å²) in [6.07, 6.45) is 0.448. The molecule has 2 rings (SSSR count). The van der Waals surface area contributed by atoms with E-state index in [2.05, 4.69) is 15.4 Å². The standard InChI is InChI=1S/C12H14N4O2/c1-3-10(17)9-6-4-5-7-11(9)18-8-12-13-15-16(2)14-12/h4-7H,3,8H2,1-2H3. The molecule has 2 aromatic rings. The fraction of sp³-hybridized carbons (Fsp3) is 0.333. The average molecular weight is 246 g/mol. The summed E-state index contributed by atoms with van der Waals surface area (Å²) in [6, 6.07) is 7.16. The Balaban J connectivity index is 2.11. The minimum Gasteiger partial charge on any atom is -0.485 e. The SMILES string of the molecule is CCC(=O)c1ccccc1OCc1nnn(C)n1. The highest BCUT2D eigenvalue weighted by molar-refractivity contribution is 5.98. The highest BCUT2D eigenvalue weighted by Gasteiger charge is 2.11. The summed E-state index contributed by atoms with van der Waals surface area (Å²) in [5.41, 5.74) is 0.587. The maximum absolute atomic E-state index is 11.7. The summed E-state index contributed by atoms with van der Waals surface area (Å²) >= 11 is 0. The first-order valence-electron chi connectivity index (χ1n) is 5.68. The normalized spacial score (nSPS) is 10.3. The fourth-order valence-electron chi connectivity index (χ4n) is 1.54. The number of carbonyl (C=O) groups is 1. The van der Waals surface area contributed by atoms with Crippen molar-refractivity contribution in [2.75, 3.05) is 0 Å². The molecule has 0 radical (unpaired) electrons. The molecule has 0 bridgehead atoms. The Morgan fingerprint density at radius 2 is 2.17 bits per heavy atom. The molecule has 0 saturated heterocycles. The van der Waals surface area contributed by atoms with Gasteiger partial charge in [-0.25, -0.2) is 0 Å². The van der Waals surface area contributed by atoms with Gasteiger partial charge in [-0.3, -0.25) is 4.79 Å². The summed E-state index contributed by atoms with van der Waals surface area (Å²) in [5.74, 6) is 1.09. The van der Waals surface area contributed by atoms with Crippen molar-refractivity contribution in [2.45, 2.75) is 20.0 Å². The van der Waals surface area contributed by atoms with Crippen LogP contribution < -0.4 is 4.74 Å². The Morgan fingerprint density at radius 1 is 1.39 bits per heavy atom. The predicted octanol–water partition coefficient (Wildman–Crippen LogP) is 1.38. The van der Waals surface area contributed by atoms with Gasteiger partial charge in [0.1, 0.15) is 5.75 Å². The molecule has 0 amide bonds. The minimum atomic E-state index is 0.0534. The van der Waals surface area contributed by atoms with E-state index in [0.717, 1.165) is 0 Å². The van der Waals surface area contributed by atoms with Gasteiger partial charge in [-0.15, -0.1) is 10.2 Å². The maximum Gasteiger partial charge on any atom is 0.212 e. The van der Waals surface area contributed by atoms with E-state index < -0.39 is 0 Å². The van der Waals surface area contributed by atoms with Crippen LogP contribution in [-0.4, -0.2) is 26.0 Å². The smallest absolute Gasteiger partial charge is 0.212 e. The van der Waals surface area contributed by atoms with E-state index in [-0.39, 0.29) is 12.4 Å². The van der Waals surface area contributed by atoms with Crippen LogP contribution >= 0.6 is 0 Å². The molecule has 1 aromatic heterocycles. The third kappa shape index (κ3) is 2.71. The van der Waals surface area contributed by atoms with Gasteiger partial charge in [-0.2, -0.15) is 4.80 Å². The average Bonchev–Trinajstić information content (AvgIpc) is 2.81. The Morgan fingerprint density at radius 3 is 2.83 bits per heavy atom. The molecule has 0 atom stereocenters. The van der Waals surface area contributed by atoms with Crippen molar-refractivity contribution in [3.05, 3.63) is 35.7 Å². The van der Waals surface area contributed by atoms with E-state index in [0.29, 0.717) is 23.6 Å². The van der Waals surface area contributed by atoms with Gasteiger partial charge in [-0.1, -0.05) is 19.1 Å². The topological polar surface area (TPSA) is 69.9 Å². The zero-order chi connectivity index (χ0) is 13.0. The van der Waals surface area contributed by atoms with Gasteiger partial charge < -0.3 is 4.74 Å². The van der Waals surface area contributed by atoms with Gasteiger partial charge in [-0.05, 0) is 17.3 Å². The number of nitrogens with zero attached hydrogens (tertiary/aromatic N) is 4. The molecular formula is C12H14N4O2. The Hall–Kier alpha value is -2.24. The molecule has 0 saturated carbocycles. The number of hydrogen-bond acceptors (Lipinski definition) is 5. The number of benzene rings is 1. The van der Waals surface area contributed by atoms with Gasteiger partial charge in [0.05, 0.1) is 12.6 Å². The number of hydrogen-bond donors (Lipinski definition) is 0. The Bertz CT molecular complexity index is 551. The number of tetrazole rings is 1. The van der Waals surface area contributed by atoms with Crippen molar-refractivity contribution in [3.63, 3.8) is 0 Å². The molecule has 6 heteroatoms. The van der Waals surface area contributed by atoms with Gasteiger partial charge in [0.2, 0.25) is 5.82 Å². The van der Waals surface area contributed by atoms with E-state index in [1.165, 1.54) is 4.80 Å². The van der Waals surface area contributed by atoms with Gasteiger partial charge in [0.25, 0.3) is 0 Å². The molecule has 94 valence electrons. The van der Waals surface area contributed by atoms with E-state index in [9.17, 15) is 4.79 Å². The molecule has 6 nitrogen and oxygen atoms in total. The summed E-state index contributed by atoms with van der Waals surface area (Å²) in [5, 5.41) is 11.5. The van der Waals surface area contributed by atoms with Crippen LogP contribution in [0.2, 0.25) is 0 Å². The highest BCUT2D eigenvalue weighted by atomic mass is 16.5. The Kier molecular flexibility index (Phi) is 3.66. The number of ether oxygens (including phenoxy) is 1. The van der Waals surface area contributed by atoms with E-state index in [1.54, 1.807) is 19.2 Å². The van der Waals surface area contributed by atoms with Crippen LogP contribution in [0.4, 0.5) is 0 Å². The van der Waals surface area contributed by atoms with Crippen molar-refractivity contribution in [1.82, 2.24) is 20.2 Å². The van der Waals surface area contributed by atoms with Gasteiger partial charge in [0, 0.05) is 6.42 Å². The molecule has 0 N–H and O–H groups in total. The van der Waals surface area contributed by atoms with Crippen LogP contribution in [0, 0.1) is 0 Å². The summed E-state index contributed by atoms with van der Waals surface area (Å²) < 4.78 is 5.56. The number of carbonyl (C=O) groups excluding carboxylic acids is 1. The van der Waals surface area contributed by atoms with Crippen molar-refractivity contribution in [2.24, 2.45) is 7.05 Å². The molecule has 0 spiro atoms. The quantitative estimate of drug-likeness (QED) is 0.745. The second-order valence-corrected chi connectivity index (χ2v) is 3.76. The molecule has 0 unspecified atom stereocenters. The van der Waals surface area contributed by atoms with Crippen LogP contribution in [0.5, 0.6) is 5.75 Å². The lowest BCUT2D eigenvalue weighted by Gasteiger charge is -2.08. The lowest BCUT2D eigenvalue weighted by molar-refractivity contribution is 0.0983. The maximum atomic E-state index is 11.7. The first-order valence-corrected chi connectivity index (χ1v) is 5.68. The molecular weight excluding hydrogens is 232 g/mol. The van der Waals surface area contributed by atoms with Gasteiger partial charge in [0.15, 0.2) is 12.4 Å². The summed E-state index contributed by atoms with van der Waals surface area (Å²) in [4.78, 5) is 13.1. The summed E-state index contributed by atoms with van der Waals surface area (Å²) in [6.45, 7) is 2.02. The molecule has 1 heterocycles. The number of Topliss-reactive ketones (excluding diaryl/α,β-unsaturated/α-hetero) is 1. The van der Waals surface area contributed by atoms with Crippen molar-refractivity contribution in [3.8, 4) is 5.75 Å². The van der Waals surface area contributed by atoms with E-state index >= 15 is 0 Å². The number of para-hydroxylation sites is 1. The highest BCUT2D eigenvalue weighted by Crippen LogP contribution is 2.20. The third-order valence-corrected chi connectivity index (χ3v) is 2.42. The molecule has 0 aliphatic carbocycles. The number of aryl methyl sites for hydroxylation is 1. The second-order valence-electron chi connectivity index (χ2n) is 3.76. The third-order valence-electron chi connectivity index (χ3n) is 2.42. The fourth-order valence-corrected chi connectivity index (χ4v) is 1.54. The lowest BCUT2D eigenvalue weighted by atomic mass is 10.1. The molecule has 0 aliphatic heterocycles. The number of rotatable bonds is 5. The number of ketones is 1. The predicted molar refractivity (Wildman–Crippen MR) is 64.2 cm³/mol. The van der Waals surface area contributed by atoms with Crippen molar-refractivity contribution < 1.29 is 9.53 Å². The minimum absolute atomic E-state index is 0.0534. The molecule has 0 fully saturated rings. The molecule has 1 aromatic carbocycles. The van der Waals surface area contributed by atoms with Crippen LogP contribution in [0.25, 0.3) is 0 Å². The Labute approximate surface area is 105 Å². The molecule has 18 heavy (non-hydrogen) atoms. The lowest BCUT2D eigenvalue weighted by Crippen LogP contribution is -2.04. The van der Waals surface area contributed by atoms with Crippen molar-refractivity contribution >= 4 is 5.78 Å². The first kappa shape index (κ1) is 12.2. The van der Waals surface area contributed by atoms with Gasteiger partial charge >= 0.3 is 0 Å². The summed E-state index contributed by atoms with van der Waals surface area (Å²) in [7, 11) is 1.69.